The van der Waals surface area contributed by atoms with Crippen molar-refractivity contribution in [2.45, 2.75) is 37.8 Å². The van der Waals surface area contributed by atoms with E-state index >= 15 is 0 Å². The maximum absolute atomic E-state index is 11.1. The first-order valence-corrected chi connectivity index (χ1v) is 7.28. The van der Waals surface area contributed by atoms with E-state index in [0.717, 1.165) is 31.2 Å². The molecule has 1 saturated carbocycles. The zero-order chi connectivity index (χ0) is 15.5. The topological polar surface area (TPSA) is 105 Å². The van der Waals surface area contributed by atoms with Gasteiger partial charge in [0.2, 0.25) is 0 Å². The van der Waals surface area contributed by atoms with Crippen LogP contribution in [0.3, 0.4) is 0 Å². The minimum atomic E-state index is -0.762. The summed E-state index contributed by atoms with van der Waals surface area (Å²) in [6.07, 6.45) is 5.98. The van der Waals surface area contributed by atoms with Gasteiger partial charge in [-0.05, 0) is 31.4 Å². The van der Waals surface area contributed by atoms with Gasteiger partial charge in [-0.2, -0.15) is 10.4 Å². The average Bonchev–Trinajstić information content (AvgIpc) is 2.98. The summed E-state index contributed by atoms with van der Waals surface area (Å²) in [5.41, 5.74) is 7.16. The number of carbonyl (C=O) groups excluding carboxylic acids is 1. The molecule has 0 unspecified atom stereocenters. The van der Waals surface area contributed by atoms with E-state index in [-0.39, 0.29) is 12.1 Å². The largest absolute Gasteiger partial charge is 0.444 e. The van der Waals surface area contributed by atoms with Crippen LogP contribution in [-0.4, -0.2) is 27.9 Å². The van der Waals surface area contributed by atoms with E-state index in [2.05, 4.69) is 16.5 Å². The Labute approximate surface area is 127 Å². The van der Waals surface area contributed by atoms with Gasteiger partial charge in [0, 0.05) is 6.20 Å². The fraction of sp³-hybridized carbons (Fsp3) is 0.400. The van der Waals surface area contributed by atoms with E-state index in [1.165, 1.54) is 6.20 Å². The average molecular weight is 299 g/mol. The Kier molecular flexibility index (Phi) is 3.83. The third kappa shape index (κ3) is 2.68. The lowest BCUT2D eigenvalue weighted by Gasteiger charge is -2.32. The molecule has 0 aromatic carbocycles. The maximum Gasteiger partial charge on any atom is 0.404 e. The van der Waals surface area contributed by atoms with Gasteiger partial charge in [0.05, 0.1) is 29.0 Å². The second-order valence-corrected chi connectivity index (χ2v) is 5.39. The van der Waals surface area contributed by atoms with Crippen LogP contribution in [0, 0.1) is 11.3 Å². The number of nitriles is 1. The Bertz CT molecular complexity index is 733. The van der Waals surface area contributed by atoms with Crippen molar-refractivity contribution in [2.24, 2.45) is 5.73 Å². The van der Waals surface area contributed by atoms with Crippen molar-refractivity contribution in [2.75, 3.05) is 5.32 Å². The number of anilines is 1. The Morgan fingerprint density at radius 3 is 3.09 bits per heavy atom. The molecule has 1 aliphatic rings. The molecule has 0 spiro atoms. The summed E-state index contributed by atoms with van der Waals surface area (Å²) in [6, 6.07) is 5.85. The standard InChI is InChI=1S/C15H17N5O2/c16-8-10-9-18-20-7-3-5-12(20)14(10)19-11-4-1-2-6-13(11)22-15(17)21/h3,5,7,9,11,13,19H,1-2,4,6H2,(H2,17,21)/t11-,13-/m1/s1. The molecule has 0 bridgehead atoms. The summed E-state index contributed by atoms with van der Waals surface area (Å²) >= 11 is 0. The highest BCUT2D eigenvalue weighted by atomic mass is 16.6. The van der Waals surface area contributed by atoms with Gasteiger partial charge in [0.25, 0.3) is 0 Å². The first-order valence-electron chi connectivity index (χ1n) is 7.28. The van der Waals surface area contributed by atoms with E-state index in [4.69, 9.17) is 10.5 Å². The molecule has 1 fully saturated rings. The number of ether oxygens (including phenoxy) is 1. The van der Waals surface area contributed by atoms with E-state index in [1.54, 1.807) is 4.52 Å². The zero-order valence-corrected chi connectivity index (χ0v) is 12.0. The molecule has 0 saturated heterocycles. The number of nitrogens with one attached hydrogen (secondary N) is 1. The molecular weight excluding hydrogens is 282 g/mol. The van der Waals surface area contributed by atoms with Crippen LogP contribution in [0.1, 0.15) is 31.2 Å². The Hall–Kier alpha value is -2.75. The summed E-state index contributed by atoms with van der Waals surface area (Å²) in [5.74, 6) is 0. The highest BCUT2D eigenvalue weighted by molar-refractivity contribution is 5.77. The Morgan fingerprint density at radius 1 is 1.50 bits per heavy atom. The molecule has 2 atom stereocenters. The van der Waals surface area contributed by atoms with Crippen LogP contribution < -0.4 is 11.1 Å². The molecule has 3 rings (SSSR count). The smallest absolute Gasteiger partial charge is 0.404 e. The fourth-order valence-electron chi connectivity index (χ4n) is 2.97. The van der Waals surface area contributed by atoms with Crippen molar-refractivity contribution in [3.05, 3.63) is 30.1 Å². The number of nitrogens with zero attached hydrogens (tertiary/aromatic N) is 3. The number of hydrogen-bond donors (Lipinski definition) is 2. The molecular formula is C15H17N5O2. The Balaban J connectivity index is 1.92. The highest BCUT2D eigenvalue weighted by Crippen LogP contribution is 2.28. The van der Waals surface area contributed by atoms with Crippen LogP contribution in [-0.2, 0) is 4.74 Å². The SMILES string of the molecule is N#Cc1cnn2cccc2c1N[C@@H]1CCCC[C@H]1OC(N)=O. The quantitative estimate of drug-likeness (QED) is 0.902. The van der Waals surface area contributed by atoms with Crippen molar-refractivity contribution in [3.63, 3.8) is 0 Å². The van der Waals surface area contributed by atoms with Crippen LogP contribution in [0.25, 0.3) is 5.52 Å². The van der Waals surface area contributed by atoms with E-state index in [9.17, 15) is 10.1 Å². The van der Waals surface area contributed by atoms with Crippen molar-refractivity contribution in [3.8, 4) is 6.07 Å². The molecule has 1 aliphatic carbocycles. The number of carbonyl (C=O) groups is 1. The van der Waals surface area contributed by atoms with Crippen LogP contribution in [0.4, 0.5) is 10.5 Å². The molecule has 1 amide bonds. The van der Waals surface area contributed by atoms with Gasteiger partial charge >= 0.3 is 6.09 Å². The number of hydrogen-bond acceptors (Lipinski definition) is 5. The summed E-state index contributed by atoms with van der Waals surface area (Å²) in [4.78, 5) is 11.1. The molecule has 2 heterocycles. The number of fused-ring (bicyclic) bond motifs is 1. The molecule has 0 aliphatic heterocycles. The van der Waals surface area contributed by atoms with Gasteiger partial charge in [-0.25, -0.2) is 9.31 Å². The maximum atomic E-state index is 11.1. The molecule has 7 nitrogen and oxygen atoms in total. The molecule has 2 aromatic heterocycles. The highest BCUT2D eigenvalue weighted by Gasteiger charge is 2.29. The normalized spacial score (nSPS) is 21.2. The molecule has 114 valence electrons. The lowest BCUT2D eigenvalue weighted by atomic mass is 9.92. The number of amides is 1. The number of primary amides is 1. The number of nitrogens with two attached hydrogens (primary N) is 1. The molecule has 3 N–H and O–H groups in total. The fourth-order valence-corrected chi connectivity index (χ4v) is 2.97. The van der Waals surface area contributed by atoms with Gasteiger partial charge in [0.15, 0.2) is 0 Å². The van der Waals surface area contributed by atoms with Gasteiger partial charge in [-0.15, -0.1) is 0 Å². The summed E-state index contributed by atoms with van der Waals surface area (Å²) in [7, 11) is 0. The van der Waals surface area contributed by atoms with Crippen molar-refractivity contribution >= 4 is 17.3 Å². The van der Waals surface area contributed by atoms with Gasteiger partial charge in [-0.1, -0.05) is 6.42 Å². The summed E-state index contributed by atoms with van der Waals surface area (Å²) in [6.45, 7) is 0. The summed E-state index contributed by atoms with van der Waals surface area (Å²) < 4.78 is 6.92. The second kappa shape index (κ2) is 5.93. The monoisotopic (exact) mass is 299 g/mol. The lowest BCUT2D eigenvalue weighted by Crippen LogP contribution is -2.41. The molecule has 7 heteroatoms. The van der Waals surface area contributed by atoms with E-state index < -0.39 is 6.09 Å². The van der Waals surface area contributed by atoms with Gasteiger partial charge in [0.1, 0.15) is 12.2 Å². The predicted octanol–water partition coefficient (Wildman–Crippen LogP) is 2.02. The molecule has 0 radical (unpaired) electrons. The van der Waals surface area contributed by atoms with Gasteiger partial charge in [-0.3, -0.25) is 0 Å². The first kappa shape index (κ1) is 14.2. The third-order valence-corrected chi connectivity index (χ3v) is 3.99. The van der Waals surface area contributed by atoms with Crippen LogP contribution in [0.2, 0.25) is 0 Å². The lowest BCUT2D eigenvalue weighted by molar-refractivity contribution is 0.0745. The van der Waals surface area contributed by atoms with Crippen LogP contribution in [0.15, 0.2) is 24.5 Å². The van der Waals surface area contributed by atoms with E-state index in [1.807, 2.05) is 18.3 Å². The minimum Gasteiger partial charge on any atom is -0.444 e. The third-order valence-electron chi connectivity index (χ3n) is 3.99. The van der Waals surface area contributed by atoms with E-state index in [0.29, 0.717) is 11.3 Å². The molecule has 22 heavy (non-hydrogen) atoms. The first-order chi connectivity index (χ1) is 10.7. The van der Waals surface area contributed by atoms with Gasteiger partial charge < -0.3 is 15.8 Å². The van der Waals surface area contributed by atoms with Crippen molar-refractivity contribution < 1.29 is 9.53 Å². The predicted molar refractivity (Wildman–Crippen MR) is 80.2 cm³/mol. The number of rotatable bonds is 3. The van der Waals surface area contributed by atoms with Crippen molar-refractivity contribution in [1.29, 1.82) is 5.26 Å². The van der Waals surface area contributed by atoms with Crippen molar-refractivity contribution in [1.82, 2.24) is 9.61 Å². The zero-order valence-electron chi connectivity index (χ0n) is 12.0. The number of aromatic nitrogens is 2. The minimum absolute atomic E-state index is 0.0607. The summed E-state index contributed by atoms with van der Waals surface area (Å²) in [5, 5.41) is 16.9. The van der Waals surface area contributed by atoms with Crippen LogP contribution >= 0.6 is 0 Å². The second-order valence-electron chi connectivity index (χ2n) is 5.39. The molecule has 2 aromatic rings. The Morgan fingerprint density at radius 2 is 2.32 bits per heavy atom. The van der Waals surface area contributed by atoms with Crippen LogP contribution in [0.5, 0.6) is 0 Å².